The molecular weight excluding hydrogens is 356 g/mol. The lowest BCUT2D eigenvalue weighted by molar-refractivity contribution is 0.0733. The van der Waals surface area contributed by atoms with Crippen molar-refractivity contribution in [3.63, 3.8) is 0 Å². The van der Waals surface area contributed by atoms with Crippen molar-refractivity contribution >= 4 is 16.7 Å². The van der Waals surface area contributed by atoms with Crippen molar-refractivity contribution in [2.45, 2.75) is 0 Å². The molecule has 0 saturated carbocycles. The van der Waals surface area contributed by atoms with E-state index in [1.165, 1.54) is 0 Å². The zero-order valence-electron chi connectivity index (χ0n) is 14.7. The minimum Gasteiger partial charge on any atom is -0.504 e. The highest BCUT2D eigenvalue weighted by Gasteiger charge is 2.15. The molecule has 0 saturated heterocycles. The number of rotatable bonds is 3. The van der Waals surface area contributed by atoms with Crippen molar-refractivity contribution in [2.75, 3.05) is 0 Å². The van der Waals surface area contributed by atoms with E-state index < -0.39 is 23.2 Å². The van der Waals surface area contributed by atoms with Crippen molar-refractivity contribution in [3.05, 3.63) is 84.4 Å². The number of ether oxygens (including phenoxy) is 1. The Morgan fingerprint density at radius 1 is 0.750 bits per heavy atom. The van der Waals surface area contributed by atoms with Crippen LogP contribution >= 0.6 is 0 Å². The van der Waals surface area contributed by atoms with Crippen LogP contribution in [0.15, 0.2) is 78.9 Å². The van der Waals surface area contributed by atoms with Gasteiger partial charge in [0.25, 0.3) is 0 Å². The third kappa shape index (κ3) is 3.21. The largest absolute Gasteiger partial charge is 0.504 e. The number of benzene rings is 4. The molecule has 0 fully saturated rings. The first-order valence-electron chi connectivity index (χ1n) is 8.58. The molecule has 0 spiro atoms. The number of carbonyl (C=O) groups excluding carboxylic acids is 1. The number of hydrogen-bond donors (Lipinski definition) is 3. The van der Waals surface area contributed by atoms with Crippen LogP contribution < -0.4 is 4.74 Å². The van der Waals surface area contributed by atoms with Crippen LogP contribution in [-0.2, 0) is 0 Å². The third-order valence-corrected chi connectivity index (χ3v) is 4.47. The summed E-state index contributed by atoms with van der Waals surface area (Å²) in [6.45, 7) is 0. The molecule has 0 aliphatic rings. The first kappa shape index (κ1) is 17.4. The molecule has 0 atom stereocenters. The van der Waals surface area contributed by atoms with E-state index in [-0.39, 0.29) is 5.56 Å². The maximum absolute atomic E-state index is 12.2. The second kappa shape index (κ2) is 6.96. The smallest absolute Gasteiger partial charge is 0.343 e. The molecule has 0 aromatic heterocycles. The topological polar surface area (TPSA) is 87.0 Å². The third-order valence-electron chi connectivity index (χ3n) is 4.47. The average Bonchev–Trinajstić information content (AvgIpc) is 2.72. The van der Waals surface area contributed by atoms with Gasteiger partial charge in [0.05, 0.1) is 5.56 Å². The van der Waals surface area contributed by atoms with Crippen molar-refractivity contribution < 1.29 is 24.9 Å². The fourth-order valence-corrected chi connectivity index (χ4v) is 3.07. The Morgan fingerprint density at radius 2 is 1.39 bits per heavy atom. The second-order valence-electron chi connectivity index (χ2n) is 6.30. The zero-order valence-corrected chi connectivity index (χ0v) is 14.7. The van der Waals surface area contributed by atoms with Crippen LogP contribution in [0.2, 0.25) is 0 Å². The van der Waals surface area contributed by atoms with Gasteiger partial charge in [0.15, 0.2) is 17.2 Å². The first-order chi connectivity index (χ1) is 13.5. The van der Waals surface area contributed by atoms with Gasteiger partial charge in [-0.25, -0.2) is 4.79 Å². The maximum Gasteiger partial charge on any atom is 0.343 e. The summed E-state index contributed by atoms with van der Waals surface area (Å²) < 4.78 is 5.29. The molecule has 0 radical (unpaired) electrons. The van der Waals surface area contributed by atoms with Crippen molar-refractivity contribution in [3.8, 4) is 34.1 Å². The van der Waals surface area contributed by atoms with Crippen LogP contribution in [0.1, 0.15) is 10.4 Å². The number of carbonyl (C=O) groups is 1. The van der Waals surface area contributed by atoms with Gasteiger partial charge in [0.1, 0.15) is 5.75 Å². The first-order valence-corrected chi connectivity index (χ1v) is 8.58. The predicted octanol–water partition coefficient (Wildman–Crippen LogP) is 4.84. The van der Waals surface area contributed by atoms with E-state index in [2.05, 4.69) is 18.2 Å². The van der Waals surface area contributed by atoms with Gasteiger partial charge in [-0.05, 0) is 46.2 Å². The van der Waals surface area contributed by atoms with Crippen LogP contribution in [0.3, 0.4) is 0 Å². The fraction of sp³-hybridized carbons (Fsp3) is 0. The number of esters is 1. The normalized spacial score (nSPS) is 10.7. The molecule has 5 heteroatoms. The number of aromatic hydroxyl groups is 3. The Morgan fingerprint density at radius 3 is 2.11 bits per heavy atom. The minimum atomic E-state index is -0.761. The minimum absolute atomic E-state index is 0.0778. The summed E-state index contributed by atoms with van der Waals surface area (Å²) in [6.07, 6.45) is 0. The molecule has 4 aromatic carbocycles. The molecule has 5 nitrogen and oxygen atoms in total. The Labute approximate surface area is 160 Å². The zero-order chi connectivity index (χ0) is 19.7. The summed E-state index contributed by atoms with van der Waals surface area (Å²) >= 11 is 0. The molecule has 0 heterocycles. The summed E-state index contributed by atoms with van der Waals surface area (Å²) in [7, 11) is 0. The highest BCUT2D eigenvalue weighted by Crippen LogP contribution is 2.36. The lowest BCUT2D eigenvalue weighted by Gasteiger charge is -2.09. The highest BCUT2D eigenvalue weighted by molar-refractivity contribution is 5.97. The average molecular weight is 372 g/mol. The quantitative estimate of drug-likeness (QED) is 0.272. The van der Waals surface area contributed by atoms with E-state index in [4.69, 9.17) is 4.74 Å². The lowest BCUT2D eigenvalue weighted by Crippen LogP contribution is -2.08. The van der Waals surface area contributed by atoms with Gasteiger partial charge < -0.3 is 20.1 Å². The van der Waals surface area contributed by atoms with Crippen LogP contribution in [0.4, 0.5) is 0 Å². The summed E-state index contributed by atoms with van der Waals surface area (Å²) in [5.74, 6) is -2.32. The number of phenolic OH excluding ortho intramolecular Hbond substituents is 3. The fourth-order valence-electron chi connectivity index (χ4n) is 3.07. The number of fused-ring (bicyclic) bond motifs is 1. The van der Waals surface area contributed by atoms with Crippen LogP contribution in [0, 0.1) is 0 Å². The molecule has 3 N–H and O–H groups in total. The van der Waals surface area contributed by atoms with Crippen LogP contribution in [0.25, 0.3) is 21.9 Å². The lowest BCUT2D eigenvalue weighted by atomic mass is 9.98. The van der Waals surface area contributed by atoms with Gasteiger partial charge in [-0.3, -0.25) is 0 Å². The summed E-state index contributed by atoms with van der Waals surface area (Å²) in [6, 6.07) is 23.3. The van der Waals surface area contributed by atoms with Gasteiger partial charge in [-0.1, -0.05) is 54.6 Å². The van der Waals surface area contributed by atoms with Gasteiger partial charge in [-0.2, -0.15) is 0 Å². The number of hydrogen-bond acceptors (Lipinski definition) is 5. The van der Waals surface area contributed by atoms with Crippen molar-refractivity contribution in [1.29, 1.82) is 0 Å². The SMILES string of the molecule is O=C(Oc1ccc(-c2cccc3ccccc23)cc1)c1cc(O)c(O)c(O)c1. The molecular formula is C23H16O5. The highest BCUT2D eigenvalue weighted by atomic mass is 16.5. The Hall–Kier alpha value is -3.99. The van der Waals surface area contributed by atoms with E-state index in [0.717, 1.165) is 34.0 Å². The Kier molecular flexibility index (Phi) is 4.33. The summed E-state index contributed by atoms with van der Waals surface area (Å²) in [5, 5.41) is 30.7. The molecule has 138 valence electrons. The molecule has 0 aliphatic heterocycles. The van der Waals surface area contributed by atoms with E-state index in [1.54, 1.807) is 12.1 Å². The molecule has 0 unspecified atom stereocenters. The van der Waals surface area contributed by atoms with Crippen molar-refractivity contribution in [1.82, 2.24) is 0 Å². The van der Waals surface area contributed by atoms with Gasteiger partial charge >= 0.3 is 5.97 Å². The monoisotopic (exact) mass is 372 g/mol. The predicted molar refractivity (Wildman–Crippen MR) is 106 cm³/mol. The molecule has 0 bridgehead atoms. The van der Waals surface area contributed by atoms with E-state index in [1.807, 2.05) is 36.4 Å². The maximum atomic E-state index is 12.2. The standard InChI is InChI=1S/C23H16O5/c24-20-12-16(13-21(25)22(20)26)23(27)28-17-10-8-15(9-11-17)19-7-3-5-14-4-1-2-6-18(14)19/h1-13,24-26H. The number of phenols is 3. The second-order valence-corrected chi connectivity index (χ2v) is 6.30. The molecule has 0 aliphatic carbocycles. The summed E-state index contributed by atoms with van der Waals surface area (Å²) in [5.41, 5.74) is 1.98. The van der Waals surface area contributed by atoms with E-state index >= 15 is 0 Å². The molecule has 4 rings (SSSR count). The molecule has 28 heavy (non-hydrogen) atoms. The van der Waals surface area contributed by atoms with Crippen LogP contribution in [0.5, 0.6) is 23.0 Å². The Balaban J connectivity index is 1.59. The van der Waals surface area contributed by atoms with E-state index in [9.17, 15) is 20.1 Å². The van der Waals surface area contributed by atoms with E-state index in [0.29, 0.717) is 5.75 Å². The van der Waals surface area contributed by atoms with Crippen molar-refractivity contribution in [2.24, 2.45) is 0 Å². The van der Waals surface area contributed by atoms with Crippen LogP contribution in [-0.4, -0.2) is 21.3 Å². The van der Waals surface area contributed by atoms with Gasteiger partial charge in [0.2, 0.25) is 0 Å². The Bertz CT molecular complexity index is 1150. The molecule has 4 aromatic rings. The summed E-state index contributed by atoms with van der Waals surface area (Å²) in [4.78, 5) is 12.2. The van der Waals surface area contributed by atoms with Gasteiger partial charge in [0, 0.05) is 0 Å². The molecule has 0 amide bonds. The van der Waals surface area contributed by atoms with Gasteiger partial charge in [-0.15, -0.1) is 0 Å².